The van der Waals surface area contributed by atoms with Crippen LogP contribution in [0.25, 0.3) is 10.8 Å². The molecule has 5 nitrogen and oxygen atoms in total. The van der Waals surface area contributed by atoms with E-state index in [0.717, 1.165) is 17.5 Å². The first-order valence-electron chi connectivity index (χ1n) is 8.67. The first-order valence-corrected chi connectivity index (χ1v) is 9.49. The number of hydrogen-bond donors (Lipinski definition) is 1. The molecule has 0 unspecified atom stereocenters. The molecule has 2 aliphatic carbocycles. The van der Waals surface area contributed by atoms with E-state index in [0.29, 0.717) is 21.6 Å². The third kappa shape index (κ3) is 2.83. The molecule has 0 saturated heterocycles. The number of nitrogens with one attached hydrogen (secondary N) is 1. The number of hydrogen-bond acceptors (Lipinski definition) is 5. The predicted octanol–water partition coefficient (Wildman–Crippen LogP) is 3.46. The number of rotatable bonds is 4. The Labute approximate surface area is 146 Å². The number of carbonyl (C=O) groups excluding carboxylic acids is 1. The molecule has 1 N–H and O–H groups in total. The van der Waals surface area contributed by atoms with E-state index in [1.54, 1.807) is 18.5 Å². The van der Waals surface area contributed by atoms with Gasteiger partial charge in [-0.2, -0.15) is 0 Å². The Hall–Kier alpha value is -1.82. The predicted molar refractivity (Wildman–Crippen MR) is 93.7 cm³/mol. The minimum Gasteiger partial charge on any atom is -0.349 e. The number of nitrogens with zero attached hydrogens (tertiary/aromatic N) is 3. The van der Waals surface area contributed by atoms with E-state index in [-0.39, 0.29) is 11.9 Å². The first kappa shape index (κ1) is 15.7. The lowest BCUT2D eigenvalue weighted by molar-refractivity contribution is 0.0918. The van der Waals surface area contributed by atoms with Crippen molar-refractivity contribution in [3.8, 4) is 10.8 Å². The molecule has 0 radical (unpaired) electrons. The highest BCUT2D eigenvalue weighted by molar-refractivity contribution is 7.17. The van der Waals surface area contributed by atoms with Crippen molar-refractivity contribution in [2.75, 3.05) is 0 Å². The average molecular weight is 342 g/mol. The number of thiazole rings is 1. The topological polar surface area (TPSA) is 67.8 Å². The van der Waals surface area contributed by atoms with Crippen molar-refractivity contribution in [1.82, 2.24) is 20.3 Å². The molecule has 2 aromatic heterocycles. The lowest BCUT2D eigenvalue weighted by atomic mass is 9.84. The molecule has 0 aromatic carbocycles. The van der Waals surface area contributed by atoms with Crippen LogP contribution in [-0.4, -0.2) is 26.9 Å². The zero-order chi connectivity index (χ0) is 16.7. The Bertz CT molecular complexity index is 745. The van der Waals surface area contributed by atoms with Crippen LogP contribution in [0.2, 0.25) is 0 Å². The Balaban J connectivity index is 1.47. The molecular formula is C18H22N4OS. The van der Waals surface area contributed by atoms with Gasteiger partial charge in [-0.25, -0.2) is 15.0 Å². The summed E-state index contributed by atoms with van der Waals surface area (Å²) in [6.45, 7) is 4.03. The summed E-state index contributed by atoms with van der Waals surface area (Å²) >= 11 is 1.37. The van der Waals surface area contributed by atoms with Crippen LogP contribution in [0.4, 0.5) is 0 Å². The molecule has 2 bridgehead atoms. The van der Waals surface area contributed by atoms with Crippen LogP contribution in [0.1, 0.15) is 48.0 Å². The molecular weight excluding hydrogens is 320 g/mol. The third-order valence-corrected chi connectivity index (χ3v) is 6.71. The van der Waals surface area contributed by atoms with E-state index >= 15 is 0 Å². The van der Waals surface area contributed by atoms with Crippen LogP contribution in [-0.2, 0) is 0 Å². The average Bonchev–Trinajstić information content (AvgIpc) is 3.30. The highest BCUT2D eigenvalue weighted by Crippen LogP contribution is 2.49. The summed E-state index contributed by atoms with van der Waals surface area (Å²) in [6, 6.07) is 2.00. The maximum absolute atomic E-state index is 12.7. The second-order valence-electron chi connectivity index (χ2n) is 7.11. The molecule has 2 fully saturated rings. The fourth-order valence-corrected chi connectivity index (χ4v) is 5.32. The summed E-state index contributed by atoms with van der Waals surface area (Å²) in [5, 5.41) is 3.92. The molecule has 4 rings (SSSR count). The summed E-state index contributed by atoms with van der Waals surface area (Å²) in [5.41, 5.74) is 0.750. The smallest absolute Gasteiger partial charge is 0.263 e. The van der Waals surface area contributed by atoms with Crippen LogP contribution in [0.15, 0.2) is 18.5 Å². The van der Waals surface area contributed by atoms with Crippen molar-refractivity contribution in [2.45, 2.75) is 45.6 Å². The second-order valence-corrected chi connectivity index (χ2v) is 8.11. The van der Waals surface area contributed by atoms with Gasteiger partial charge >= 0.3 is 0 Å². The van der Waals surface area contributed by atoms with E-state index in [9.17, 15) is 4.79 Å². The van der Waals surface area contributed by atoms with Gasteiger partial charge in [-0.15, -0.1) is 11.3 Å². The fourth-order valence-electron chi connectivity index (χ4n) is 4.40. The van der Waals surface area contributed by atoms with Gasteiger partial charge in [0.1, 0.15) is 4.88 Å². The van der Waals surface area contributed by atoms with E-state index in [1.807, 2.05) is 6.92 Å². The summed E-state index contributed by atoms with van der Waals surface area (Å²) in [5.74, 6) is 2.90. The van der Waals surface area contributed by atoms with E-state index < -0.39 is 0 Å². The van der Waals surface area contributed by atoms with E-state index in [2.05, 4.69) is 27.2 Å². The van der Waals surface area contributed by atoms with Gasteiger partial charge in [0.15, 0.2) is 10.8 Å². The fraction of sp³-hybridized carbons (Fsp3) is 0.556. The molecule has 2 aromatic rings. The van der Waals surface area contributed by atoms with Crippen molar-refractivity contribution in [2.24, 2.45) is 17.8 Å². The standard InChI is InChI=1S/C18H22N4OS/c1-10(14-9-12-4-5-13(14)8-12)21-17(23)15-11(2)22-18(24-15)16-19-6-3-7-20-16/h3,6-7,10,12-14H,4-5,8-9H2,1-2H3,(H,21,23)/t10-,12+,13+,14+/m1/s1. The Morgan fingerprint density at radius 1 is 1.29 bits per heavy atom. The van der Waals surface area contributed by atoms with Crippen LogP contribution in [0, 0.1) is 24.7 Å². The molecule has 2 heterocycles. The minimum atomic E-state index is -0.0116. The van der Waals surface area contributed by atoms with Gasteiger partial charge in [0.2, 0.25) is 0 Å². The van der Waals surface area contributed by atoms with Gasteiger partial charge in [-0.1, -0.05) is 6.42 Å². The highest BCUT2D eigenvalue weighted by Gasteiger charge is 2.42. The molecule has 0 spiro atoms. The van der Waals surface area contributed by atoms with Crippen molar-refractivity contribution >= 4 is 17.2 Å². The summed E-state index contributed by atoms with van der Waals surface area (Å²) in [6.07, 6.45) is 8.74. The van der Waals surface area contributed by atoms with Crippen molar-refractivity contribution in [3.63, 3.8) is 0 Å². The second kappa shape index (κ2) is 6.24. The van der Waals surface area contributed by atoms with Crippen LogP contribution >= 0.6 is 11.3 Å². The van der Waals surface area contributed by atoms with Crippen molar-refractivity contribution in [3.05, 3.63) is 29.0 Å². The molecule has 0 aliphatic heterocycles. The van der Waals surface area contributed by atoms with Crippen LogP contribution < -0.4 is 5.32 Å². The number of aryl methyl sites for hydroxylation is 1. The number of fused-ring (bicyclic) bond motifs is 2. The first-order chi connectivity index (χ1) is 11.6. The summed E-state index contributed by atoms with van der Waals surface area (Å²) in [7, 11) is 0. The zero-order valence-electron chi connectivity index (χ0n) is 14.0. The van der Waals surface area contributed by atoms with E-state index in [1.165, 1.54) is 37.0 Å². The van der Waals surface area contributed by atoms with Gasteiger partial charge in [0.05, 0.1) is 5.69 Å². The summed E-state index contributed by atoms with van der Waals surface area (Å²) in [4.78, 5) is 26.3. The quantitative estimate of drug-likeness (QED) is 0.924. The third-order valence-electron chi connectivity index (χ3n) is 5.55. The van der Waals surface area contributed by atoms with Crippen LogP contribution in [0.3, 0.4) is 0 Å². The number of aromatic nitrogens is 3. The Morgan fingerprint density at radius 3 is 2.75 bits per heavy atom. The van der Waals surface area contributed by atoms with E-state index in [4.69, 9.17) is 0 Å². The zero-order valence-corrected chi connectivity index (χ0v) is 14.8. The molecule has 24 heavy (non-hydrogen) atoms. The van der Waals surface area contributed by atoms with Gasteiger partial charge < -0.3 is 5.32 Å². The lowest BCUT2D eigenvalue weighted by Gasteiger charge is -2.28. The monoisotopic (exact) mass is 342 g/mol. The Morgan fingerprint density at radius 2 is 2.08 bits per heavy atom. The highest BCUT2D eigenvalue weighted by atomic mass is 32.1. The van der Waals surface area contributed by atoms with Crippen molar-refractivity contribution < 1.29 is 4.79 Å². The molecule has 2 saturated carbocycles. The molecule has 2 aliphatic rings. The maximum Gasteiger partial charge on any atom is 0.263 e. The minimum absolute atomic E-state index is 0.0116. The maximum atomic E-state index is 12.7. The largest absolute Gasteiger partial charge is 0.349 e. The van der Waals surface area contributed by atoms with Crippen molar-refractivity contribution in [1.29, 1.82) is 0 Å². The SMILES string of the molecule is Cc1nc(-c2ncccn2)sc1C(=O)N[C@H](C)[C@@H]1C[C@H]2CC[C@H]1C2. The lowest BCUT2D eigenvalue weighted by Crippen LogP contribution is -2.40. The Kier molecular flexibility index (Phi) is 4.08. The molecule has 6 heteroatoms. The molecule has 4 atom stereocenters. The van der Waals surface area contributed by atoms with Gasteiger partial charge in [0, 0.05) is 18.4 Å². The number of amides is 1. The normalized spacial score (nSPS) is 26.5. The molecule has 1 amide bonds. The van der Waals surface area contributed by atoms with Crippen LogP contribution in [0.5, 0.6) is 0 Å². The van der Waals surface area contributed by atoms with Gasteiger partial charge in [-0.05, 0) is 56.9 Å². The van der Waals surface area contributed by atoms with Gasteiger partial charge in [0.25, 0.3) is 5.91 Å². The number of carbonyl (C=O) groups is 1. The summed E-state index contributed by atoms with van der Waals surface area (Å²) < 4.78 is 0. The molecule has 126 valence electrons. The van der Waals surface area contributed by atoms with Gasteiger partial charge in [-0.3, -0.25) is 4.79 Å².